The molecule has 19 heavy (non-hydrogen) atoms. The standard InChI is InChI=1S/C11H13BrN4O2S/c1-2-7-6-14-15-11(7)16-19(17,18)10-5-8(12)3-4-9(10)13/h3-6H,2,13H2,1H3,(H2,14,15,16). The van der Waals surface area contributed by atoms with Gasteiger partial charge in [0, 0.05) is 10.0 Å². The third-order valence-corrected chi connectivity index (χ3v) is 4.50. The van der Waals surface area contributed by atoms with Gasteiger partial charge in [-0.1, -0.05) is 22.9 Å². The van der Waals surface area contributed by atoms with Crippen LogP contribution >= 0.6 is 15.9 Å². The van der Waals surface area contributed by atoms with Crippen molar-refractivity contribution >= 4 is 37.5 Å². The lowest BCUT2D eigenvalue weighted by Gasteiger charge is -2.10. The van der Waals surface area contributed by atoms with Crippen LogP contribution in [0.1, 0.15) is 12.5 Å². The molecule has 0 aliphatic rings. The largest absolute Gasteiger partial charge is 0.398 e. The van der Waals surface area contributed by atoms with Crippen LogP contribution in [-0.2, 0) is 16.4 Å². The van der Waals surface area contributed by atoms with Crippen LogP contribution in [0.3, 0.4) is 0 Å². The van der Waals surface area contributed by atoms with Crippen LogP contribution in [0, 0.1) is 0 Å². The van der Waals surface area contributed by atoms with Gasteiger partial charge in [-0.3, -0.25) is 9.82 Å². The molecular weight excluding hydrogens is 332 g/mol. The van der Waals surface area contributed by atoms with E-state index in [2.05, 4.69) is 30.8 Å². The molecule has 102 valence electrons. The number of sulfonamides is 1. The van der Waals surface area contributed by atoms with Gasteiger partial charge < -0.3 is 5.73 Å². The van der Waals surface area contributed by atoms with E-state index in [4.69, 9.17) is 5.73 Å². The molecule has 4 N–H and O–H groups in total. The quantitative estimate of drug-likeness (QED) is 0.739. The Morgan fingerprint density at radius 1 is 1.47 bits per heavy atom. The molecule has 0 spiro atoms. The van der Waals surface area contributed by atoms with E-state index in [1.165, 1.54) is 12.1 Å². The van der Waals surface area contributed by atoms with E-state index < -0.39 is 10.0 Å². The van der Waals surface area contributed by atoms with Gasteiger partial charge >= 0.3 is 0 Å². The summed E-state index contributed by atoms with van der Waals surface area (Å²) < 4.78 is 27.7. The molecule has 0 aliphatic heterocycles. The average molecular weight is 345 g/mol. The number of hydrogen-bond acceptors (Lipinski definition) is 4. The van der Waals surface area contributed by atoms with E-state index in [-0.39, 0.29) is 10.6 Å². The fourth-order valence-electron chi connectivity index (χ4n) is 1.60. The first-order chi connectivity index (χ1) is 8.94. The van der Waals surface area contributed by atoms with Gasteiger partial charge in [0.2, 0.25) is 0 Å². The van der Waals surface area contributed by atoms with Crippen LogP contribution in [0.25, 0.3) is 0 Å². The number of benzene rings is 1. The van der Waals surface area contributed by atoms with E-state index in [1.807, 2.05) is 6.92 Å². The fraction of sp³-hybridized carbons (Fsp3) is 0.182. The summed E-state index contributed by atoms with van der Waals surface area (Å²) in [6, 6.07) is 4.67. The van der Waals surface area contributed by atoms with Crippen molar-refractivity contribution in [1.29, 1.82) is 0 Å². The van der Waals surface area contributed by atoms with Crippen molar-refractivity contribution in [3.63, 3.8) is 0 Å². The van der Waals surface area contributed by atoms with Crippen LogP contribution < -0.4 is 10.5 Å². The van der Waals surface area contributed by atoms with Gasteiger partial charge in [0.15, 0.2) is 0 Å². The molecule has 0 bridgehead atoms. The second-order valence-corrected chi connectivity index (χ2v) is 6.48. The number of nitrogen functional groups attached to an aromatic ring is 1. The number of anilines is 2. The lowest BCUT2D eigenvalue weighted by Crippen LogP contribution is -2.16. The summed E-state index contributed by atoms with van der Waals surface area (Å²) in [5.41, 5.74) is 6.69. The summed E-state index contributed by atoms with van der Waals surface area (Å²) in [5.74, 6) is 0.363. The van der Waals surface area contributed by atoms with Crippen LogP contribution in [0.5, 0.6) is 0 Å². The summed E-state index contributed by atoms with van der Waals surface area (Å²) in [4.78, 5) is 0.0264. The Kier molecular flexibility index (Phi) is 3.81. The van der Waals surface area contributed by atoms with Gasteiger partial charge in [0.25, 0.3) is 10.0 Å². The minimum absolute atomic E-state index is 0.0264. The van der Waals surface area contributed by atoms with Gasteiger partial charge in [-0.15, -0.1) is 0 Å². The van der Waals surface area contributed by atoms with Crippen molar-refractivity contribution in [2.45, 2.75) is 18.2 Å². The molecule has 6 nitrogen and oxygen atoms in total. The number of hydrogen-bond donors (Lipinski definition) is 3. The Labute approximate surface area is 119 Å². The second kappa shape index (κ2) is 5.22. The SMILES string of the molecule is CCc1cn[nH]c1NS(=O)(=O)c1cc(Br)ccc1N. The molecule has 2 rings (SSSR count). The number of nitrogens with zero attached hydrogens (tertiary/aromatic N) is 1. The zero-order valence-corrected chi connectivity index (χ0v) is 12.5. The molecule has 0 fully saturated rings. The van der Waals surface area contributed by atoms with Crippen LogP contribution in [-0.4, -0.2) is 18.6 Å². The summed E-state index contributed by atoms with van der Waals surface area (Å²) in [6.45, 7) is 1.91. The topological polar surface area (TPSA) is 101 Å². The molecule has 0 unspecified atom stereocenters. The second-order valence-electron chi connectivity index (χ2n) is 3.91. The molecule has 0 atom stereocenters. The van der Waals surface area contributed by atoms with Crippen molar-refractivity contribution in [1.82, 2.24) is 10.2 Å². The fourth-order valence-corrected chi connectivity index (χ4v) is 3.33. The van der Waals surface area contributed by atoms with Crippen LogP contribution in [0.2, 0.25) is 0 Å². The molecule has 0 amide bonds. The lowest BCUT2D eigenvalue weighted by molar-refractivity contribution is 0.601. The van der Waals surface area contributed by atoms with Crippen molar-refractivity contribution in [2.75, 3.05) is 10.5 Å². The minimum atomic E-state index is -3.75. The van der Waals surface area contributed by atoms with Gasteiger partial charge in [-0.25, -0.2) is 8.42 Å². The van der Waals surface area contributed by atoms with Crippen molar-refractivity contribution in [3.05, 3.63) is 34.4 Å². The van der Waals surface area contributed by atoms with Crippen molar-refractivity contribution < 1.29 is 8.42 Å². The third-order valence-electron chi connectivity index (χ3n) is 2.60. The number of halogens is 1. The van der Waals surface area contributed by atoms with Crippen molar-refractivity contribution in [2.24, 2.45) is 0 Å². The molecule has 0 radical (unpaired) electrons. The Hall–Kier alpha value is -1.54. The maximum Gasteiger partial charge on any atom is 0.265 e. The average Bonchev–Trinajstić information content (AvgIpc) is 2.78. The van der Waals surface area contributed by atoms with Crippen molar-refractivity contribution in [3.8, 4) is 0 Å². The first-order valence-corrected chi connectivity index (χ1v) is 7.81. The number of nitrogens with two attached hydrogens (primary N) is 1. The number of aryl methyl sites for hydroxylation is 1. The molecule has 0 aliphatic carbocycles. The Morgan fingerprint density at radius 3 is 2.89 bits per heavy atom. The summed E-state index contributed by atoms with van der Waals surface area (Å²) in [6.07, 6.45) is 2.25. The molecule has 2 aromatic rings. The minimum Gasteiger partial charge on any atom is -0.398 e. The van der Waals surface area contributed by atoms with E-state index in [1.54, 1.807) is 12.3 Å². The van der Waals surface area contributed by atoms with Gasteiger partial charge in [-0.05, 0) is 24.6 Å². The zero-order chi connectivity index (χ0) is 14.0. The highest BCUT2D eigenvalue weighted by Gasteiger charge is 2.19. The summed E-state index contributed by atoms with van der Waals surface area (Å²) in [5, 5.41) is 6.44. The molecule has 1 heterocycles. The van der Waals surface area contributed by atoms with E-state index in [0.717, 1.165) is 5.56 Å². The Balaban J connectivity index is 2.41. The smallest absolute Gasteiger partial charge is 0.265 e. The monoisotopic (exact) mass is 344 g/mol. The molecule has 0 saturated heterocycles. The number of aromatic amines is 1. The predicted molar refractivity (Wildman–Crippen MR) is 77.3 cm³/mol. The Morgan fingerprint density at radius 2 is 2.21 bits per heavy atom. The maximum absolute atomic E-state index is 12.3. The first kappa shape index (κ1) is 13.9. The first-order valence-electron chi connectivity index (χ1n) is 5.54. The maximum atomic E-state index is 12.3. The summed E-state index contributed by atoms with van der Waals surface area (Å²) >= 11 is 3.23. The molecule has 8 heteroatoms. The molecule has 1 aromatic carbocycles. The lowest BCUT2D eigenvalue weighted by atomic mass is 10.3. The van der Waals surface area contributed by atoms with E-state index >= 15 is 0 Å². The number of nitrogens with one attached hydrogen (secondary N) is 2. The summed E-state index contributed by atoms with van der Waals surface area (Å²) in [7, 11) is -3.75. The van der Waals surface area contributed by atoms with Crippen LogP contribution in [0.15, 0.2) is 33.8 Å². The van der Waals surface area contributed by atoms with E-state index in [0.29, 0.717) is 16.7 Å². The Bertz CT molecular complexity index is 696. The molecular formula is C11H13BrN4O2S. The highest BCUT2D eigenvalue weighted by molar-refractivity contribution is 9.10. The number of H-pyrrole nitrogens is 1. The third kappa shape index (κ3) is 2.90. The highest BCUT2D eigenvalue weighted by Crippen LogP contribution is 2.25. The number of aromatic nitrogens is 2. The molecule has 1 aromatic heterocycles. The van der Waals surface area contributed by atoms with Gasteiger partial charge in [-0.2, -0.15) is 5.10 Å². The number of rotatable bonds is 4. The zero-order valence-electron chi connectivity index (χ0n) is 10.1. The highest BCUT2D eigenvalue weighted by atomic mass is 79.9. The molecule has 0 saturated carbocycles. The van der Waals surface area contributed by atoms with Gasteiger partial charge in [0.1, 0.15) is 10.7 Å². The van der Waals surface area contributed by atoms with Crippen LogP contribution in [0.4, 0.5) is 11.5 Å². The van der Waals surface area contributed by atoms with Gasteiger partial charge in [0.05, 0.1) is 11.9 Å². The van der Waals surface area contributed by atoms with E-state index in [9.17, 15) is 8.42 Å². The predicted octanol–water partition coefficient (Wildman–Crippen LogP) is 2.12. The normalized spacial score (nSPS) is 11.5.